The highest BCUT2D eigenvalue weighted by Gasteiger charge is 2.18. The average molecular weight is 395 g/mol. The number of hydrogen-bond acceptors (Lipinski definition) is 4. The van der Waals surface area contributed by atoms with E-state index in [9.17, 15) is 4.79 Å². The summed E-state index contributed by atoms with van der Waals surface area (Å²) in [6.45, 7) is 6.82. The number of thioether (sulfide) groups is 1. The molecule has 1 aromatic heterocycles. The van der Waals surface area contributed by atoms with Crippen molar-refractivity contribution in [3.05, 3.63) is 65.7 Å². The molecule has 2 aromatic carbocycles. The molecular formula is C22H26N4OS. The lowest BCUT2D eigenvalue weighted by Gasteiger charge is -2.26. The van der Waals surface area contributed by atoms with E-state index in [2.05, 4.69) is 34.2 Å². The van der Waals surface area contributed by atoms with Gasteiger partial charge in [0.15, 0.2) is 5.82 Å². The molecule has 0 fully saturated rings. The molecule has 0 saturated heterocycles. The van der Waals surface area contributed by atoms with Crippen molar-refractivity contribution >= 4 is 17.7 Å². The van der Waals surface area contributed by atoms with Crippen molar-refractivity contribution in [1.29, 1.82) is 0 Å². The zero-order valence-electron chi connectivity index (χ0n) is 16.6. The van der Waals surface area contributed by atoms with Gasteiger partial charge in [0.2, 0.25) is 11.1 Å². The molecule has 0 aliphatic rings. The first-order valence-electron chi connectivity index (χ1n) is 9.54. The molecule has 1 amide bonds. The highest BCUT2D eigenvalue weighted by molar-refractivity contribution is 7.99. The number of carbonyl (C=O) groups excluding carboxylic acids is 1. The summed E-state index contributed by atoms with van der Waals surface area (Å²) < 4.78 is 0. The Bertz CT molecular complexity index is 890. The summed E-state index contributed by atoms with van der Waals surface area (Å²) in [5, 5.41) is 7.81. The predicted molar refractivity (Wildman–Crippen MR) is 114 cm³/mol. The fourth-order valence-electron chi connectivity index (χ4n) is 2.89. The molecule has 3 aromatic rings. The Balaban J connectivity index is 1.60. The van der Waals surface area contributed by atoms with Gasteiger partial charge in [-0.15, -0.1) is 5.10 Å². The first-order chi connectivity index (χ1) is 13.6. The maximum absolute atomic E-state index is 12.7. The van der Waals surface area contributed by atoms with Crippen LogP contribution in [-0.2, 0) is 17.8 Å². The number of rotatable bonds is 8. The van der Waals surface area contributed by atoms with Crippen LogP contribution in [0.2, 0.25) is 0 Å². The van der Waals surface area contributed by atoms with Gasteiger partial charge in [-0.3, -0.25) is 9.89 Å². The van der Waals surface area contributed by atoms with Gasteiger partial charge in [0.05, 0.1) is 5.75 Å². The molecule has 3 rings (SSSR count). The van der Waals surface area contributed by atoms with Gasteiger partial charge < -0.3 is 4.90 Å². The molecule has 0 bridgehead atoms. The second-order valence-corrected chi connectivity index (χ2v) is 7.85. The van der Waals surface area contributed by atoms with E-state index in [-0.39, 0.29) is 11.9 Å². The van der Waals surface area contributed by atoms with Crippen LogP contribution < -0.4 is 0 Å². The number of nitrogens with zero attached hydrogens (tertiary/aromatic N) is 3. The first-order valence-corrected chi connectivity index (χ1v) is 10.5. The number of benzene rings is 2. The highest BCUT2D eigenvalue weighted by atomic mass is 32.2. The molecule has 0 aliphatic heterocycles. The van der Waals surface area contributed by atoms with E-state index >= 15 is 0 Å². The van der Waals surface area contributed by atoms with E-state index in [1.165, 1.54) is 17.3 Å². The van der Waals surface area contributed by atoms with Gasteiger partial charge in [0, 0.05) is 18.2 Å². The molecule has 1 heterocycles. The van der Waals surface area contributed by atoms with Crippen LogP contribution in [0.4, 0.5) is 0 Å². The van der Waals surface area contributed by atoms with Gasteiger partial charge in [0.25, 0.3) is 0 Å². The van der Waals surface area contributed by atoms with E-state index in [0.717, 1.165) is 23.4 Å². The Kier molecular flexibility index (Phi) is 6.87. The van der Waals surface area contributed by atoms with Crippen molar-refractivity contribution in [3.63, 3.8) is 0 Å². The largest absolute Gasteiger partial charge is 0.335 e. The summed E-state index contributed by atoms with van der Waals surface area (Å²) in [6, 6.07) is 18.5. The van der Waals surface area contributed by atoms with Crippen LogP contribution in [0.25, 0.3) is 11.4 Å². The monoisotopic (exact) mass is 394 g/mol. The van der Waals surface area contributed by atoms with Crippen molar-refractivity contribution in [2.45, 2.75) is 44.9 Å². The predicted octanol–water partition coefficient (Wildman–Crippen LogP) is 4.56. The van der Waals surface area contributed by atoms with Crippen LogP contribution >= 0.6 is 11.8 Å². The zero-order chi connectivity index (χ0) is 19.9. The number of aryl methyl sites for hydroxylation is 1. The quantitative estimate of drug-likeness (QED) is 0.569. The molecule has 0 spiro atoms. The second-order valence-electron chi connectivity index (χ2n) is 6.91. The third kappa shape index (κ3) is 5.23. The molecule has 28 heavy (non-hydrogen) atoms. The number of amides is 1. The smallest absolute Gasteiger partial charge is 0.233 e. The van der Waals surface area contributed by atoms with Crippen LogP contribution in [0.5, 0.6) is 0 Å². The maximum atomic E-state index is 12.7. The third-order valence-electron chi connectivity index (χ3n) is 4.56. The summed E-state index contributed by atoms with van der Waals surface area (Å²) in [6.07, 6.45) is 1.01. The topological polar surface area (TPSA) is 61.9 Å². The van der Waals surface area contributed by atoms with Crippen molar-refractivity contribution in [1.82, 2.24) is 20.1 Å². The standard InChI is InChI=1S/C22H26N4OS/c1-4-17-10-12-19(13-11-17)21-23-22(25-24-21)28-15-20(27)26(16(2)3)14-18-8-6-5-7-9-18/h5-13,16H,4,14-15H2,1-3H3,(H,23,24,25). The number of carbonyl (C=O) groups is 1. The molecule has 1 N–H and O–H groups in total. The number of H-pyrrole nitrogens is 1. The molecule has 0 atom stereocenters. The lowest BCUT2D eigenvalue weighted by molar-refractivity contribution is -0.130. The summed E-state index contributed by atoms with van der Waals surface area (Å²) in [4.78, 5) is 19.2. The normalized spacial score (nSPS) is 11.0. The third-order valence-corrected chi connectivity index (χ3v) is 5.40. The molecule has 5 nitrogen and oxygen atoms in total. The fourth-order valence-corrected chi connectivity index (χ4v) is 3.57. The summed E-state index contributed by atoms with van der Waals surface area (Å²) >= 11 is 1.36. The Hall–Kier alpha value is -2.60. The van der Waals surface area contributed by atoms with Gasteiger partial charge >= 0.3 is 0 Å². The van der Waals surface area contributed by atoms with E-state index in [4.69, 9.17) is 0 Å². The van der Waals surface area contributed by atoms with Crippen molar-refractivity contribution in [3.8, 4) is 11.4 Å². The minimum atomic E-state index is 0.0856. The molecule has 0 unspecified atom stereocenters. The van der Waals surface area contributed by atoms with Gasteiger partial charge in [0.1, 0.15) is 0 Å². The van der Waals surface area contributed by atoms with E-state index in [1.807, 2.05) is 61.2 Å². The minimum absolute atomic E-state index is 0.0856. The lowest BCUT2D eigenvalue weighted by Crippen LogP contribution is -2.37. The summed E-state index contributed by atoms with van der Waals surface area (Å²) in [7, 11) is 0. The molecule has 0 radical (unpaired) electrons. The van der Waals surface area contributed by atoms with Crippen LogP contribution in [0, 0.1) is 0 Å². The van der Waals surface area contributed by atoms with Crippen molar-refractivity contribution in [2.24, 2.45) is 0 Å². The van der Waals surface area contributed by atoms with Crippen molar-refractivity contribution < 1.29 is 4.79 Å². The summed E-state index contributed by atoms with van der Waals surface area (Å²) in [5.74, 6) is 1.13. The fraction of sp³-hybridized carbons (Fsp3) is 0.318. The molecular weight excluding hydrogens is 368 g/mol. The zero-order valence-corrected chi connectivity index (χ0v) is 17.4. The van der Waals surface area contributed by atoms with E-state index < -0.39 is 0 Å². The number of hydrogen-bond donors (Lipinski definition) is 1. The van der Waals surface area contributed by atoms with E-state index in [1.54, 1.807) is 0 Å². The van der Waals surface area contributed by atoms with Gasteiger partial charge in [-0.25, -0.2) is 4.98 Å². The Labute approximate surface area is 170 Å². The second kappa shape index (κ2) is 9.55. The van der Waals surface area contributed by atoms with Gasteiger partial charge in [-0.2, -0.15) is 0 Å². The van der Waals surface area contributed by atoms with Crippen LogP contribution in [0.3, 0.4) is 0 Å². The minimum Gasteiger partial charge on any atom is -0.335 e. The Morgan fingerprint density at radius 3 is 2.43 bits per heavy atom. The van der Waals surface area contributed by atoms with Crippen LogP contribution in [0.15, 0.2) is 59.8 Å². The van der Waals surface area contributed by atoms with Crippen LogP contribution in [-0.4, -0.2) is 37.8 Å². The van der Waals surface area contributed by atoms with Crippen LogP contribution in [0.1, 0.15) is 31.9 Å². The van der Waals surface area contributed by atoms with Gasteiger partial charge in [-0.1, -0.05) is 73.3 Å². The molecule has 0 saturated carbocycles. The van der Waals surface area contributed by atoms with E-state index in [0.29, 0.717) is 17.5 Å². The van der Waals surface area contributed by atoms with Crippen molar-refractivity contribution in [2.75, 3.05) is 5.75 Å². The molecule has 6 heteroatoms. The van der Waals surface area contributed by atoms with Gasteiger partial charge in [-0.05, 0) is 31.4 Å². The Morgan fingerprint density at radius 1 is 1.07 bits per heavy atom. The summed E-state index contributed by atoms with van der Waals surface area (Å²) in [5.41, 5.74) is 3.41. The Morgan fingerprint density at radius 2 is 1.79 bits per heavy atom. The lowest BCUT2D eigenvalue weighted by atomic mass is 10.1. The number of aromatic amines is 1. The SMILES string of the molecule is CCc1ccc(-c2nc(SCC(=O)N(Cc3ccccc3)C(C)C)n[nH]2)cc1. The average Bonchev–Trinajstić information content (AvgIpc) is 3.20. The molecule has 0 aliphatic carbocycles. The number of aromatic nitrogens is 3. The number of nitrogens with one attached hydrogen (secondary N) is 1. The molecule has 146 valence electrons. The maximum Gasteiger partial charge on any atom is 0.233 e. The first kappa shape index (κ1) is 20.1. The highest BCUT2D eigenvalue weighted by Crippen LogP contribution is 2.21.